The molecule has 0 fully saturated rings. The van der Waals surface area contributed by atoms with E-state index in [1.54, 1.807) is 0 Å². The molecule has 0 aliphatic carbocycles. The van der Waals surface area contributed by atoms with Gasteiger partial charge >= 0.3 is 5.97 Å². The van der Waals surface area contributed by atoms with Gasteiger partial charge in [0, 0.05) is 0 Å². The minimum Gasteiger partial charge on any atom is -0.476 e. The third kappa shape index (κ3) is 3.13. The summed E-state index contributed by atoms with van der Waals surface area (Å²) in [6.07, 6.45) is 4.94. The Morgan fingerprint density at radius 1 is 1.73 bits per heavy atom. The number of halogens is 1. The third-order valence-corrected chi connectivity index (χ3v) is 1.69. The number of aromatic nitrogens is 1. The average Bonchev–Trinajstić information content (AvgIpc) is 2.20. The van der Waals surface area contributed by atoms with E-state index >= 15 is 0 Å². The van der Waals surface area contributed by atoms with Gasteiger partial charge in [0.25, 0.3) is 0 Å². The maximum atomic E-state index is 10.7. The molecule has 1 rings (SSSR count). The van der Waals surface area contributed by atoms with Crippen molar-refractivity contribution < 1.29 is 14.7 Å². The van der Waals surface area contributed by atoms with Crippen LogP contribution in [0.4, 0.5) is 5.82 Å². The van der Waals surface area contributed by atoms with Crippen LogP contribution < -0.4 is 5.48 Å². The van der Waals surface area contributed by atoms with Crippen LogP contribution >= 0.6 is 11.6 Å². The fourth-order valence-corrected chi connectivity index (χ4v) is 0.987. The summed E-state index contributed by atoms with van der Waals surface area (Å²) in [5.74, 6) is 1.25. The number of carbonyl (C=O) groups is 1. The summed E-state index contributed by atoms with van der Waals surface area (Å²) in [7, 11) is 0. The summed E-state index contributed by atoms with van der Waals surface area (Å²) >= 11 is 5.61. The van der Waals surface area contributed by atoms with Gasteiger partial charge in [-0.25, -0.2) is 15.3 Å². The molecule has 1 aromatic heterocycles. The van der Waals surface area contributed by atoms with E-state index in [-0.39, 0.29) is 23.1 Å². The quantitative estimate of drug-likeness (QED) is 0.461. The SMILES string of the molecule is C#CCONc1ccc(Cl)c(C(=O)O)n1. The molecule has 0 radical (unpaired) electrons. The lowest BCUT2D eigenvalue weighted by Gasteiger charge is -2.04. The van der Waals surface area contributed by atoms with Crippen LogP contribution in [-0.2, 0) is 4.84 Å². The minimum atomic E-state index is -1.21. The highest BCUT2D eigenvalue weighted by Crippen LogP contribution is 2.16. The van der Waals surface area contributed by atoms with Crippen molar-refractivity contribution in [2.24, 2.45) is 0 Å². The van der Waals surface area contributed by atoms with E-state index < -0.39 is 5.97 Å². The third-order valence-electron chi connectivity index (χ3n) is 1.38. The van der Waals surface area contributed by atoms with Gasteiger partial charge in [-0.15, -0.1) is 6.42 Å². The van der Waals surface area contributed by atoms with E-state index in [1.807, 2.05) is 0 Å². The van der Waals surface area contributed by atoms with E-state index in [4.69, 9.17) is 28.0 Å². The number of nitrogens with one attached hydrogen (secondary N) is 1. The second-order valence-corrected chi connectivity index (χ2v) is 2.83. The topological polar surface area (TPSA) is 71.5 Å². The number of rotatable bonds is 4. The van der Waals surface area contributed by atoms with E-state index in [0.29, 0.717) is 0 Å². The Morgan fingerprint density at radius 2 is 2.47 bits per heavy atom. The maximum Gasteiger partial charge on any atom is 0.356 e. The van der Waals surface area contributed by atoms with Gasteiger partial charge in [0.1, 0.15) is 6.61 Å². The maximum absolute atomic E-state index is 10.7. The smallest absolute Gasteiger partial charge is 0.356 e. The molecule has 78 valence electrons. The Morgan fingerprint density at radius 3 is 3.07 bits per heavy atom. The van der Waals surface area contributed by atoms with Crippen molar-refractivity contribution in [1.82, 2.24) is 4.98 Å². The van der Waals surface area contributed by atoms with Gasteiger partial charge < -0.3 is 5.11 Å². The Bertz CT molecular complexity index is 414. The van der Waals surface area contributed by atoms with Crippen molar-refractivity contribution >= 4 is 23.4 Å². The van der Waals surface area contributed by atoms with Crippen molar-refractivity contribution in [3.8, 4) is 12.3 Å². The van der Waals surface area contributed by atoms with E-state index in [2.05, 4.69) is 16.4 Å². The minimum absolute atomic E-state index is 0.0483. The van der Waals surface area contributed by atoms with Crippen molar-refractivity contribution in [2.75, 3.05) is 12.1 Å². The van der Waals surface area contributed by atoms with Crippen LogP contribution in [0, 0.1) is 12.3 Å². The monoisotopic (exact) mass is 226 g/mol. The number of anilines is 1. The summed E-state index contributed by atoms with van der Waals surface area (Å²) in [5, 5.41) is 8.77. The summed E-state index contributed by atoms with van der Waals surface area (Å²) < 4.78 is 0. The molecule has 0 saturated heterocycles. The molecule has 5 nitrogen and oxygen atoms in total. The molecule has 0 bridgehead atoms. The summed E-state index contributed by atoms with van der Waals surface area (Å²) in [6, 6.07) is 2.88. The number of terminal acetylenes is 1. The van der Waals surface area contributed by atoms with Crippen LogP contribution in [0.1, 0.15) is 10.5 Å². The highest BCUT2D eigenvalue weighted by atomic mass is 35.5. The molecule has 1 aromatic rings. The molecular weight excluding hydrogens is 220 g/mol. The number of pyridine rings is 1. The number of carboxylic acid groups (broad SMARTS) is 1. The zero-order valence-corrected chi connectivity index (χ0v) is 8.28. The van der Waals surface area contributed by atoms with Crippen LogP contribution in [0.15, 0.2) is 12.1 Å². The molecule has 0 spiro atoms. The van der Waals surface area contributed by atoms with Crippen LogP contribution in [-0.4, -0.2) is 22.7 Å². The molecule has 0 aliphatic heterocycles. The van der Waals surface area contributed by atoms with Crippen LogP contribution in [0.5, 0.6) is 0 Å². The van der Waals surface area contributed by atoms with Crippen molar-refractivity contribution in [3.05, 3.63) is 22.8 Å². The number of nitrogens with zero attached hydrogens (tertiary/aromatic N) is 1. The molecule has 0 saturated carbocycles. The van der Waals surface area contributed by atoms with Gasteiger partial charge in [-0.3, -0.25) is 4.84 Å². The summed E-state index contributed by atoms with van der Waals surface area (Å²) in [6.45, 7) is 0.0483. The highest BCUT2D eigenvalue weighted by Gasteiger charge is 2.11. The van der Waals surface area contributed by atoms with Gasteiger partial charge in [0.05, 0.1) is 5.02 Å². The number of aromatic carboxylic acids is 1. The van der Waals surface area contributed by atoms with Crippen molar-refractivity contribution in [2.45, 2.75) is 0 Å². The Hall–Kier alpha value is -1.77. The second kappa shape index (κ2) is 5.20. The first-order valence-electron chi connectivity index (χ1n) is 3.86. The highest BCUT2D eigenvalue weighted by molar-refractivity contribution is 6.33. The first kappa shape index (κ1) is 11.3. The van der Waals surface area contributed by atoms with E-state index in [1.165, 1.54) is 12.1 Å². The van der Waals surface area contributed by atoms with Gasteiger partial charge in [0.15, 0.2) is 11.5 Å². The van der Waals surface area contributed by atoms with Crippen LogP contribution in [0.2, 0.25) is 5.02 Å². The molecule has 0 amide bonds. The normalized spacial score (nSPS) is 9.33. The fraction of sp³-hybridized carbons (Fsp3) is 0.111. The van der Waals surface area contributed by atoms with Crippen molar-refractivity contribution in [3.63, 3.8) is 0 Å². The van der Waals surface area contributed by atoms with Gasteiger partial charge in [-0.1, -0.05) is 17.5 Å². The zero-order chi connectivity index (χ0) is 11.3. The van der Waals surface area contributed by atoms with Gasteiger partial charge in [0.2, 0.25) is 0 Å². The largest absolute Gasteiger partial charge is 0.476 e. The van der Waals surface area contributed by atoms with E-state index in [0.717, 1.165) is 0 Å². The summed E-state index contributed by atoms with van der Waals surface area (Å²) in [4.78, 5) is 19.1. The van der Waals surface area contributed by atoms with Crippen LogP contribution in [0.3, 0.4) is 0 Å². The van der Waals surface area contributed by atoms with Crippen LogP contribution in [0.25, 0.3) is 0 Å². The Labute approximate surface area is 91.0 Å². The Balaban J connectivity index is 2.79. The lowest BCUT2D eigenvalue weighted by atomic mass is 10.3. The zero-order valence-electron chi connectivity index (χ0n) is 7.53. The number of hydrogen-bond acceptors (Lipinski definition) is 4. The van der Waals surface area contributed by atoms with Crippen molar-refractivity contribution in [1.29, 1.82) is 0 Å². The molecule has 1 heterocycles. The standard InChI is InChI=1S/C9H7ClN2O3/c1-2-5-15-12-7-4-3-6(10)8(11-7)9(13)14/h1,3-4H,5H2,(H,11,12)(H,13,14). The molecule has 15 heavy (non-hydrogen) atoms. The first-order valence-corrected chi connectivity index (χ1v) is 4.24. The molecule has 0 atom stereocenters. The predicted molar refractivity (Wildman–Crippen MR) is 54.6 cm³/mol. The molecule has 0 aliphatic rings. The lowest BCUT2D eigenvalue weighted by Crippen LogP contribution is -2.07. The molecule has 0 unspecified atom stereocenters. The average molecular weight is 227 g/mol. The van der Waals surface area contributed by atoms with Gasteiger partial charge in [-0.2, -0.15) is 0 Å². The second-order valence-electron chi connectivity index (χ2n) is 2.43. The molecule has 2 N–H and O–H groups in total. The number of hydrogen-bond donors (Lipinski definition) is 2. The molecule has 6 heteroatoms. The van der Waals surface area contributed by atoms with Gasteiger partial charge in [-0.05, 0) is 12.1 Å². The Kier molecular flexibility index (Phi) is 3.92. The fourth-order valence-electron chi connectivity index (χ4n) is 0.801. The predicted octanol–water partition coefficient (Wildman–Crippen LogP) is 1.41. The van der Waals surface area contributed by atoms with E-state index in [9.17, 15) is 4.79 Å². The number of carboxylic acids is 1. The summed E-state index contributed by atoms with van der Waals surface area (Å²) in [5.41, 5.74) is 2.15. The lowest BCUT2D eigenvalue weighted by molar-refractivity contribution is 0.0690. The molecule has 0 aromatic carbocycles. The molecular formula is C9H7ClN2O3. The first-order chi connectivity index (χ1) is 7.15.